The number of halogens is 1. The number of hydrogen-bond acceptors (Lipinski definition) is 3. The van der Waals surface area contributed by atoms with E-state index < -0.39 is 0 Å². The highest BCUT2D eigenvalue weighted by molar-refractivity contribution is 9.10. The van der Waals surface area contributed by atoms with Crippen molar-refractivity contribution in [3.63, 3.8) is 0 Å². The predicted molar refractivity (Wildman–Crippen MR) is 62.4 cm³/mol. The van der Waals surface area contributed by atoms with E-state index >= 15 is 0 Å². The molecule has 0 aliphatic rings. The molecule has 0 bridgehead atoms. The largest absolute Gasteiger partial charge is 0.372 e. The maximum atomic E-state index is 11.6. The first-order chi connectivity index (χ1) is 7.20. The molecule has 1 rings (SSSR count). The van der Waals surface area contributed by atoms with Crippen molar-refractivity contribution in [1.82, 2.24) is 9.78 Å². The molecule has 4 nitrogen and oxygen atoms in total. The van der Waals surface area contributed by atoms with Crippen LogP contribution in [0.4, 0.5) is 5.69 Å². The van der Waals surface area contributed by atoms with Gasteiger partial charge in [0.25, 0.3) is 5.56 Å². The molecule has 1 heterocycles. The Hall–Kier alpha value is -1.72. The van der Waals surface area contributed by atoms with E-state index in [0.29, 0.717) is 16.7 Å². The van der Waals surface area contributed by atoms with E-state index in [4.69, 9.17) is 12.8 Å². The van der Waals surface area contributed by atoms with E-state index in [1.807, 2.05) is 0 Å². The summed E-state index contributed by atoms with van der Waals surface area (Å²) >= 11 is 3.16. The minimum atomic E-state index is -0.282. The molecule has 1 aromatic rings. The van der Waals surface area contributed by atoms with Crippen molar-refractivity contribution < 1.29 is 0 Å². The third-order valence-corrected chi connectivity index (χ3v) is 2.37. The van der Waals surface area contributed by atoms with Crippen LogP contribution in [-0.2, 0) is 6.54 Å². The summed E-state index contributed by atoms with van der Waals surface area (Å²) in [5.41, 5.74) is 0.279. The van der Waals surface area contributed by atoms with Gasteiger partial charge in [0.05, 0.1) is 18.4 Å². The fraction of sp³-hybridized carbons (Fsp3) is 0.200. The van der Waals surface area contributed by atoms with Crippen LogP contribution in [0.15, 0.2) is 15.5 Å². The standard InChI is InChI=1S/C10H8BrN3O/c1-3-5-12-8-7-13-14(6-4-2)10(15)9(8)11/h1-2,7,12H,5-6H2. The van der Waals surface area contributed by atoms with Crippen LogP contribution in [0.2, 0.25) is 0 Å². The number of nitrogens with one attached hydrogen (secondary N) is 1. The van der Waals surface area contributed by atoms with Crippen LogP contribution in [0.25, 0.3) is 0 Å². The lowest BCUT2D eigenvalue weighted by Crippen LogP contribution is -2.24. The zero-order valence-electron chi connectivity index (χ0n) is 7.83. The quantitative estimate of drug-likeness (QED) is 0.818. The second-order valence-corrected chi connectivity index (χ2v) is 3.39. The Morgan fingerprint density at radius 3 is 2.87 bits per heavy atom. The summed E-state index contributed by atoms with van der Waals surface area (Å²) in [6, 6.07) is 0. The van der Waals surface area contributed by atoms with Gasteiger partial charge >= 0.3 is 0 Å². The van der Waals surface area contributed by atoms with Gasteiger partial charge in [-0.3, -0.25) is 4.79 Å². The molecule has 0 unspecified atom stereocenters. The van der Waals surface area contributed by atoms with Crippen LogP contribution in [0, 0.1) is 24.7 Å². The van der Waals surface area contributed by atoms with Gasteiger partial charge in [-0.15, -0.1) is 12.8 Å². The lowest BCUT2D eigenvalue weighted by atomic mass is 10.4. The van der Waals surface area contributed by atoms with Crippen molar-refractivity contribution in [2.45, 2.75) is 6.54 Å². The summed E-state index contributed by atoms with van der Waals surface area (Å²) in [5, 5.41) is 6.74. The summed E-state index contributed by atoms with van der Waals surface area (Å²) < 4.78 is 1.56. The Morgan fingerprint density at radius 2 is 2.27 bits per heavy atom. The fourth-order valence-electron chi connectivity index (χ4n) is 0.934. The third kappa shape index (κ3) is 2.61. The van der Waals surface area contributed by atoms with Gasteiger partial charge < -0.3 is 5.32 Å². The van der Waals surface area contributed by atoms with Crippen molar-refractivity contribution in [1.29, 1.82) is 0 Å². The van der Waals surface area contributed by atoms with Crippen molar-refractivity contribution in [3.8, 4) is 24.7 Å². The Morgan fingerprint density at radius 1 is 1.53 bits per heavy atom. The number of rotatable bonds is 3. The van der Waals surface area contributed by atoms with Gasteiger partial charge in [0.2, 0.25) is 0 Å². The molecular weight excluding hydrogens is 258 g/mol. The average molecular weight is 266 g/mol. The summed E-state index contributed by atoms with van der Waals surface area (Å²) in [7, 11) is 0. The van der Waals surface area contributed by atoms with Crippen molar-refractivity contribution >= 4 is 21.6 Å². The first kappa shape index (κ1) is 11.4. The van der Waals surface area contributed by atoms with Gasteiger partial charge in [-0.2, -0.15) is 5.10 Å². The smallest absolute Gasteiger partial charge is 0.284 e. The molecule has 1 aromatic heterocycles. The number of anilines is 1. The molecule has 0 atom stereocenters. The van der Waals surface area contributed by atoms with Crippen LogP contribution in [0.5, 0.6) is 0 Å². The van der Waals surface area contributed by atoms with E-state index in [-0.39, 0.29) is 12.1 Å². The first-order valence-corrected chi connectivity index (χ1v) is 4.86. The van der Waals surface area contributed by atoms with Crippen LogP contribution in [-0.4, -0.2) is 16.3 Å². The average Bonchev–Trinajstić information content (AvgIpc) is 2.24. The van der Waals surface area contributed by atoms with Crippen LogP contribution < -0.4 is 10.9 Å². The van der Waals surface area contributed by atoms with Crippen LogP contribution in [0.1, 0.15) is 0 Å². The Labute approximate surface area is 95.8 Å². The second-order valence-electron chi connectivity index (χ2n) is 2.60. The van der Waals surface area contributed by atoms with E-state index in [1.165, 1.54) is 10.9 Å². The molecule has 0 saturated carbocycles. The van der Waals surface area contributed by atoms with E-state index in [0.717, 1.165) is 0 Å². The molecule has 0 aliphatic carbocycles. The van der Waals surface area contributed by atoms with Crippen molar-refractivity contribution in [2.24, 2.45) is 0 Å². The number of nitrogens with zero attached hydrogens (tertiary/aromatic N) is 2. The molecule has 1 N–H and O–H groups in total. The molecule has 0 aromatic carbocycles. The van der Waals surface area contributed by atoms with Gasteiger partial charge in [0.15, 0.2) is 0 Å². The first-order valence-electron chi connectivity index (χ1n) is 4.07. The van der Waals surface area contributed by atoms with Gasteiger partial charge in [-0.1, -0.05) is 11.8 Å². The molecule has 0 amide bonds. The van der Waals surface area contributed by atoms with Crippen LogP contribution >= 0.6 is 15.9 Å². The van der Waals surface area contributed by atoms with Gasteiger partial charge in [0.1, 0.15) is 11.0 Å². The maximum Gasteiger partial charge on any atom is 0.284 e. The molecule has 5 heteroatoms. The molecule has 0 fully saturated rings. The molecule has 15 heavy (non-hydrogen) atoms. The lowest BCUT2D eigenvalue weighted by Gasteiger charge is -2.06. The molecule has 0 radical (unpaired) electrons. The van der Waals surface area contributed by atoms with Crippen molar-refractivity contribution in [2.75, 3.05) is 11.9 Å². The Balaban J connectivity index is 3.07. The van der Waals surface area contributed by atoms with Gasteiger partial charge in [-0.25, -0.2) is 4.68 Å². The highest BCUT2D eigenvalue weighted by atomic mass is 79.9. The van der Waals surface area contributed by atoms with Crippen LogP contribution in [0.3, 0.4) is 0 Å². The second kappa shape index (κ2) is 5.23. The zero-order chi connectivity index (χ0) is 11.3. The Kier molecular flexibility index (Phi) is 3.96. The molecule has 76 valence electrons. The molecule has 0 aliphatic heterocycles. The number of terminal acetylenes is 2. The monoisotopic (exact) mass is 265 g/mol. The summed E-state index contributed by atoms with van der Waals surface area (Å²) in [6.45, 7) is 0.478. The summed E-state index contributed by atoms with van der Waals surface area (Å²) in [5.74, 6) is 4.74. The topological polar surface area (TPSA) is 46.9 Å². The Bertz CT molecular complexity index is 493. The molecule has 0 spiro atoms. The van der Waals surface area contributed by atoms with Crippen molar-refractivity contribution in [3.05, 3.63) is 21.0 Å². The van der Waals surface area contributed by atoms with Gasteiger partial charge in [0, 0.05) is 0 Å². The minimum Gasteiger partial charge on any atom is -0.372 e. The summed E-state index contributed by atoms with van der Waals surface area (Å²) in [6.07, 6.45) is 11.7. The maximum absolute atomic E-state index is 11.6. The van der Waals surface area contributed by atoms with E-state index in [9.17, 15) is 4.79 Å². The van der Waals surface area contributed by atoms with Gasteiger partial charge in [-0.05, 0) is 15.9 Å². The lowest BCUT2D eigenvalue weighted by molar-refractivity contribution is 0.660. The summed E-state index contributed by atoms with van der Waals surface area (Å²) in [4.78, 5) is 11.6. The third-order valence-electron chi connectivity index (χ3n) is 1.61. The predicted octanol–water partition coefficient (Wildman–Crippen LogP) is 0.684. The fourth-order valence-corrected chi connectivity index (χ4v) is 1.38. The SMILES string of the molecule is C#CCNc1cnn(CC#C)c(=O)c1Br. The zero-order valence-corrected chi connectivity index (χ0v) is 9.41. The highest BCUT2D eigenvalue weighted by Gasteiger charge is 2.06. The number of aromatic nitrogens is 2. The number of hydrogen-bond donors (Lipinski definition) is 1. The van der Waals surface area contributed by atoms with E-state index in [2.05, 4.69) is 38.2 Å². The van der Waals surface area contributed by atoms with E-state index in [1.54, 1.807) is 0 Å². The highest BCUT2D eigenvalue weighted by Crippen LogP contribution is 2.15. The molecular formula is C10H8BrN3O. The minimum absolute atomic E-state index is 0.146. The molecule has 0 saturated heterocycles. The normalized spacial score (nSPS) is 9.00.